The van der Waals surface area contributed by atoms with Gasteiger partial charge in [-0.25, -0.2) is 0 Å². The molecule has 0 atom stereocenters. The van der Waals surface area contributed by atoms with Gasteiger partial charge >= 0.3 is 11.9 Å². The number of rotatable bonds is 30. The lowest BCUT2D eigenvalue weighted by atomic mass is 10.0. The van der Waals surface area contributed by atoms with Crippen LogP contribution in [0.4, 0.5) is 0 Å². The van der Waals surface area contributed by atoms with Gasteiger partial charge in [-0.05, 0) is 32.1 Å². The summed E-state index contributed by atoms with van der Waals surface area (Å²) in [7, 11) is 0. The number of carbonyl (C=O) groups excluding carboxylic acids is 1. The molecule has 0 fully saturated rings. The number of hydrogen-bond acceptors (Lipinski definition) is 4. The van der Waals surface area contributed by atoms with Gasteiger partial charge in [0.05, 0.1) is 39.0 Å². The molecule has 0 aromatic carbocycles. The van der Waals surface area contributed by atoms with Gasteiger partial charge in [0.25, 0.3) is 0 Å². The number of carbonyl (C=O) groups is 3. The second-order valence-electron chi connectivity index (χ2n) is 11.4. The maximum Gasteiger partial charge on any atom is 0.309 e. The molecule has 39 heavy (non-hydrogen) atoms. The molecule has 228 valence electrons. The van der Waals surface area contributed by atoms with E-state index < -0.39 is 17.9 Å². The maximum atomic E-state index is 11.1. The largest absolute Gasteiger partial charge is 0.550 e. The number of carboxylic acid groups (broad SMARTS) is 3. The number of allylic oxidation sites excluding steroid dienone is 2. The van der Waals surface area contributed by atoms with Crippen LogP contribution in [-0.4, -0.2) is 58.8 Å². The molecule has 0 unspecified atom stereocenters. The lowest BCUT2D eigenvalue weighted by molar-refractivity contribution is -0.927. The Morgan fingerprint density at radius 2 is 0.897 bits per heavy atom. The van der Waals surface area contributed by atoms with Gasteiger partial charge < -0.3 is 24.6 Å². The van der Waals surface area contributed by atoms with Crippen molar-refractivity contribution in [2.24, 2.45) is 0 Å². The average molecular weight is 554 g/mol. The molecule has 0 bridgehead atoms. The Hall–Kier alpha value is -1.89. The number of hydrogen-bond donors (Lipinski definition) is 2. The van der Waals surface area contributed by atoms with Gasteiger partial charge in [-0.2, -0.15) is 0 Å². The minimum absolute atomic E-state index is 0.0935. The SMILES string of the molecule is CCCC/C=C/CCCCCCCCCCCCCCCCC[N+](CCC(=O)[O-])(CCC(=O)O)CCC(=O)O. The van der Waals surface area contributed by atoms with Gasteiger partial charge in [0.2, 0.25) is 0 Å². The van der Waals surface area contributed by atoms with Crippen LogP contribution in [0, 0.1) is 0 Å². The highest BCUT2D eigenvalue weighted by Gasteiger charge is 2.28. The van der Waals surface area contributed by atoms with Crippen molar-refractivity contribution in [2.45, 2.75) is 148 Å². The summed E-state index contributed by atoms with van der Waals surface area (Å²) in [4.78, 5) is 33.3. The first-order valence-corrected chi connectivity index (χ1v) is 15.9. The van der Waals surface area contributed by atoms with Crippen molar-refractivity contribution < 1.29 is 34.2 Å². The molecular formula is C32H59NO6. The average Bonchev–Trinajstić information content (AvgIpc) is 2.90. The standard InChI is InChI=1S/C32H59NO6/c1-2-3-4-5-6-7-8-9-10-11-12-13-14-15-16-17-18-19-20-21-22-26-33(27-23-30(34)35,28-24-31(36)37)29-25-32(38)39/h5-6H,2-4,7-29H2,1H3,(H2-,34,35,36,37,38,39)/b6-5+. The Bertz CT molecular complexity index is 603. The summed E-state index contributed by atoms with van der Waals surface area (Å²) in [6, 6.07) is 0. The van der Waals surface area contributed by atoms with Gasteiger partial charge in [-0.1, -0.05) is 109 Å². The van der Waals surface area contributed by atoms with Gasteiger partial charge in [0.1, 0.15) is 0 Å². The monoisotopic (exact) mass is 553 g/mol. The van der Waals surface area contributed by atoms with Crippen molar-refractivity contribution in [2.75, 3.05) is 26.2 Å². The molecule has 0 aliphatic carbocycles. The van der Waals surface area contributed by atoms with E-state index in [1.807, 2.05) is 0 Å². The van der Waals surface area contributed by atoms with Crippen molar-refractivity contribution in [3.05, 3.63) is 12.2 Å². The minimum Gasteiger partial charge on any atom is -0.550 e. The predicted molar refractivity (Wildman–Crippen MR) is 156 cm³/mol. The van der Waals surface area contributed by atoms with E-state index in [9.17, 15) is 19.5 Å². The highest BCUT2D eigenvalue weighted by atomic mass is 16.4. The molecule has 0 aromatic heterocycles. The lowest BCUT2D eigenvalue weighted by Gasteiger charge is -2.38. The smallest absolute Gasteiger partial charge is 0.309 e. The molecule has 0 aliphatic heterocycles. The Kier molecular flexibility index (Phi) is 25.1. The molecule has 0 amide bonds. The molecule has 0 saturated carbocycles. The zero-order chi connectivity index (χ0) is 29.0. The van der Waals surface area contributed by atoms with Crippen LogP contribution in [0.3, 0.4) is 0 Å². The van der Waals surface area contributed by atoms with Crippen LogP contribution in [0.25, 0.3) is 0 Å². The molecule has 0 aromatic rings. The Morgan fingerprint density at radius 1 is 0.538 bits per heavy atom. The zero-order valence-corrected chi connectivity index (χ0v) is 25.0. The van der Waals surface area contributed by atoms with E-state index in [2.05, 4.69) is 19.1 Å². The number of unbranched alkanes of at least 4 members (excludes halogenated alkanes) is 17. The van der Waals surface area contributed by atoms with Gasteiger partial charge in [-0.3, -0.25) is 9.59 Å². The van der Waals surface area contributed by atoms with Gasteiger partial charge in [0.15, 0.2) is 0 Å². The van der Waals surface area contributed by atoms with Gasteiger partial charge in [0, 0.05) is 12.4 Å². The fourth-order valence-electron chi connectivity index (χ4n) is 5.23. The third kappa shape index (κ3) is 26.1. The van der Waals surface area contributed by atoms with Crippen LogP contribution < -0.4 is 5.11 Å². The van der Waals surface area contributed by atoms with Crippen molar-refractivity contribution in [3.63, 3.8) is 0 Å². The number of nitrogens with zero attached hydrogens (tertiary/aromatic N) is 1. The number of quaternary nitrogens is 1. The third-order valence-corrected chi connectivity index (χ3v) is 7.78. The topological polar surface area (TPSA) is 115 Å². The molecule has 0 spiro atoms. The highest BCUT2D eigenvalue weighted by molar-refractivity contribution is 5.67. The third-order valence-electron chi connectivity index (χ3n) is 7.78. The normalized spacial score (nSPS) is 11.8. The maximum absolute atomic E-state index is 11.1. The predicted octanol–water partition coefficient (Wildman–Crippen LogP) is 6.88. The van der Waals surface area contributed by atoms with Crippen LogP contribution in [0.1, 0.15) is 148 Å². The van der Waals surface area contributed by atoms with Crippen molar-refractivity contribution in [1.82, 2.24) is 0 Å². The van der Waals surface area contributed by atoms with E-state index in [-0.39, 0.29) is 43.4 Å². The molecule has 7 nitrogen and oxygen atoms in total. The highest BCUT2D eigenvalue weighted by Crippen LogP contribution is 2.17. The van der Waals surface area contributed by atoms with Crippen molar-refractivity contribution >= 4 is 17.9 Å². The summed E-state index contributed by atoms with van der Waals surface area (Å²) in [6.45, 7) is 3.59. The molecule has 7 heteroatoms. The van der Waals surface area contributed by atoms with Crippen molar-refractivity contribution in [3.8, 4) is 0 Å². The second-order valence-corrected chi connectivity index (χ2v) is 11.4. The summed E-state index contributed by atoms with van der Waals surface area (Å²) in [5.41, 5.74) is 0. The molecular weight excluding hydrogens is 494 g/mol. The molecule has 0 rings (SSSR count). The van der Waals surface area contributed by atoms with Crippen molar-refractivity contribution in [1.29, 1.82) is 0 Å². The zero-order valence-electron chi connectivity index (χ0n) is 25.0. The first-order chi connectivity index (χ1) is 18.8. The molecule has 2 N–H and O–H groups in total. The molecule has 0 radical (unpaired) electrons. The summed E-state index contributed by atoms with van der Waals surface area (Å²) in [5, 5.41) is 29.3. The fraction of sp³-hybridized carbons (Fsp3) is 0.844. The van der Waals surface area contributed by atoms with E-state index in [1.54, 1.807) is 0 Å². The Morgan fingerprint density at radius 3 is 1.28 bits per heavy atom. The summed E-state index contributed by atoms with van der Waals surface area (Å²) < 4.78 is 0.225. The summed E-state index contributed by atoms with van der Waals surface area (Å²) in [5.74, 6) is -3.07. The van der Waals surface area contributed by atoms with E-state index in [4.69, 9.17) is 10.2 Å². The molecule has 0 aliphatic rings. The summed E-state index contributed by atoms with van der Waals surface area (Å²) in [6.07, 6.45) is 28.2. The van der Waals surface area contributed by atoms with E-state index in [1.165, 1.54) is 103 Å². The number of aliphatic carboxylic acids is 3. The van der Waals surface area contributed by atoms with Crippen LogP contribution in [0.2, 0.25) is 0 Å². The molecule has 0 heterocycles. The van der Waals surface area contributed by atoms with E-state index >= 15 is 0 Å². The van der Waals surface area contributed by atoms with Crippen LogP contribution >= 0.6 is 0 Å². The van der Waals surface area contributed by atoms with Gasteiger partial charge in [-0.15, -0.1) is 0 Å². The Balaban J connectivity index is 3.84. The van der Waals surface area contributed by atoms with Crippen LogP contribution in [0.5, 0.6) is 0 Å². The fourth-order valence-corrected chi connectivity index (χ4v) is 5.23. The van der Waals surface area contributed by atoms with E-state index in [0.717, 1.165) is 19.3 Å². The lowest BCUT2D eigenvalue weighted by Crippen LogP contribution is -2.53. The minimum atomic E-state index is -1.18. The first kappa shape index (κ1) is 37.1. The van der Waals surface area contributed by atoms with Crippen LogP contribution in [0.15, 0.2) is 12.2 Å². The summed E-state index contributed by atoms with van der Waals surface area (Å²) >= 11 is 0. The second kappa shape index (κ2) is 26.3. The first-order valence-electron chi connectivity index (χ1n) is 15.9. The van der Waals surface area contributed by atoms with Crippen LogP contribution in [-0.2, 0) is 14.4 Å². The molecule has 0 saturated heterocycles. The number of carboxylic acids is 3. The van der Waals surface area contributed by atoms with E-state index in [0.29, 0.717) is 6.54 Å². The quantitative estimate of drug-likeness (QED) is 0.0569. The Labute approximate surface area is 238 Å².